The number of allylic oxidation sites excluding steroid dienone is 1. The highest BCUT2D eigenvalue weighted by atomic mass is 35.5. The number of nitrogens with two attached hydrogens (primary N) is 1. The number of aliphatic hydroxyl groups is 1. The van der Waals surface area contributed by atoms with E-state index in [9.17, 15) is 4.79 Å². The zero-order valence-corrected chi connectivity index (χ0v) is 12.7. The quantitative estimate of drug-likeness (QED) is 0.461. The van der Waals surface area contributed by atoms with Crippen molar-refractivity contribution in [2.24, 2.45) is 5.73 Å². The molecule has 0 heterocycles. The highest BCUT2D eigenvalue weighted by Gasteiger charge is 1.90. The minimum absolute atomic E-state index is 0.386. The third-order valence-electron chi connectivity index (χ3n) is 1.92. The van der Waals surface area contributed by atoms with Crippen LogP contribution in [0, 0.1) is 0 Å². The van der Waals surface area contributed by atoms with Crippen LogP contribution in [-0.2, 0) is 4.79 Å². The molecule has 4 nitrogen and oxygen atoms in total. The highest BCUT2D eigenvalue weighted by Crippen LogP contribution is 1.91. The van der Waals surface area contributed by atoms with Crippen molar-refractivity contribution in [2.45, 2.75) is 27.7 Å². The van der Waals surface area contributed by atoms with E-state index in [0.717, 1.165) is 6.26 Å². The van der Waals surface area contributed by atoms with Crippen LogP contribution in [0.2, 0.25) is 0 Å². The van der Waals surface area contributed by atoms with Crippen LogP contribution in [0.25, 0.3) is 0 Å². The zero-order valence-electron chi connectivity index (χ0n) is 11.9. The molecule has 0 aromatic carbocycles. The van der Waals surface area contributed by atoms with E-state index in [2.05, 4.69) is 32.3 Å². The molecule has 0 saturated carbocycles. The summed E-state index contributed by atoms with van der Waals surface area (Å²) >= 11 is 4.87. The Morgan fingerprint density at radius 3 is 1.67 bits per heavy atom. The number of hydrogen-bond donors (Lipinski definition) is 2. The van der Waals surface area contributed by atoms with Crippen LogP contribution in [0.3, 0.4) is 0 Å². The summed E-state index contributed by atoms with van der Waals surface area (Å²) in [5.41, 5.74) is 5.28. The number of rotatable bonds is 5. The van der Waals surface area contributed by atoms with Crippen LogP contribution >= 0.6 is 11.6 Å². The fourth-order valence-electron chi connectivity index (χ4n) is 0.732. The van der Waals surface area contributed by atoms with Crippen molar-refractivity contribution in [3.8, 4) is 0 Å². The Kier molecular flexibility index (Phi) is 23.0. The molecule has 0 atom stereocenters. The van der Waals surface area contributed by atoms with E-state index in [1.165, 1.54) is 25.7 Å². The number of hydrogen-bond acceptors (Lipinski definition) is 4. The summed E-state index contributed by atoms with van der Waals surface area (Å²) in [6.45, 7) is 15.4. The maximum Gasteiger partial charge on any atom is 0.247 e. The Morgan fingerprint density at radius 2 is 1.67 bits per heavy atom. The van der Waals surface area contributed by atoms with Crippen molar-refractivity contribution in [3.63, 3.8) is 0 Å². The Balaban J connectivity index is -0.000000190. The van der Waals surface area contributed by atoms with E-state index in [1.807, 2.05) is 0 Å². The van der Waals surface area contributed by atoms with Crippen molar-refractivity contribution in [2.75, 3.05) is 26.2 Å². The average molecular weight is 279 g/mol. The molecule has 0 aliphatic heterocycles. The lowest BCUT2D eigenvalue weighted by Crippen LogP contribution is -2.21. The number of carbonyl (C=O) groups excluding carboxylic acids is 1. The molecular weight excluding hydrogens is 252 g/mol. The second-order valence-electron chi connectivity index (χ2n) is 3.29. The van der Waals surface area contributed by atoms with Gasteiger partial charge in [0, 0.05) is 12.1 Å². The van der Waals surface area contributed by atoms with Gasteiger partial charge in [-0.15, -0.1) is 0 Å². The summed E-state index contributed by atoms with van der Waals surface area (Å²) in [6, 6.07) is 0. The molecule has 0 saturated heterocycles. The molecule has 5 heteroatoms. The number of halogens is 1. The lowest BCUT2D eigenvalue weighted by Gasteiger charge is -2.13. The van der Waals surface area contributed by atoms with Crippen LogP contribution in [0.1, 0.15) is 27.7 Å². The first-order chi connectivity index (χ1) is 8.40. The second kappa shape index (κ2) is 18.5. The summed E-state index contributed by atoms with van der Waals surface area (Å²) in [4.78, 5) is 12.2. The van der Waals surface area contributed by atoms with Gasteiger partial charge in [-0.05, 0) is 44.2 Å². The van der Waals surface area contributed by atoms with Gasteiger partial charge < -0.3 is 15.7 Å². The Bertz CT molecular complexity index is 210. The summed E-state index contributed by atoms with van der Waals surface area (Å²) in [7, 11) is 0. The van der Waals surface area contributed by atoms with Gasteiger partial charge in [-0.2, -0.15) is 0 Å². The molecule has 0 radical (unpaired) electrons. The van der Waals surface area contributed by atoms with E-state index in [0.29, 0.717) is 12.1 Å². The van der Waals surface area contributed by atoms with Gasteiger partial charge in [-0.25, -0.2) is 0 Å². The third-order valence-corrected chi connectivity index (χ3v) is 2.24. The summed E-state index contributed by atoms with van der Waals surface area (Å²) < 4.78 is 0. The molecule has 18 heavy (non-hydrogen) atoms. The minimum Gasteiger partial charge on any atom is -0.516 e. The standard InChI is InChI=1S/C6H15N.C4H5ClO.C3H7NO/c1-4-7(5-2)6-3;1-3(2)4(5)6;4-2-1-3-5/h4-6H2,1-3H3;1H2,2H3;1,3,5H,2,4H2. The molecular formula is C13H27ClN2O2. The third kappa shape index (κ3) is 24.4. The van der Waals surface area contributed by atoms with Crippen LogP contribution < -0.4 is 5.73 Å². The van der Waals surface area contributed by atoms with Gasteiger partial charge in [0.05, 0.1) is 6.26 Å². The van der Waals surface area contributed by atoms with Gasteiger partial charge in [0.25, 0.3) is 0 Å². The zero-order chi connectivity index (χ0) is 15.0. The molecule has 0 aliphatic carbocycles. The van der Waals surface area contributed by atoms with Crippen molar-refractivity contribution in [3.05, 3.63) is 24.5 Å². The highest BCUT2D eigenvalue weighted by molar-refractivity contribution is 6.67. The first-order valence-corrected chi connectivity index (χ1v) is 6.35. The summed E-state index contributed by atoms with van der Waals surface area (Å²) in [6.07, 6.45) is 2.39. The molecule has 0 aromatic rings. The maximum absolute atomic E-state index is 9.81. The molecule has 0 rings (SSSR count). The Morgan fingerprint density at radius 1 is 1.33 bits per heavy atom. The van der Waals surface area contributed by atoms with E-state index in [4.69, 9.17) is 22.4 Å². The van der Waals surface area contributed by atoms with E-state index >= 15 is 0 Å². The molecule has 0 aliphatic rings. The smallest absolute Gasteiger partial charge is 0.247 e. The van der Waals surface area contributed by atoms with Gasteiger partial charge in [0.1, 0.15) is 0 Å². The fourth-order valence-corrected chi connectivity index (χ4v) is 0.732. The molecule has 108 valence electrons. The van der Waals surface area contributed by atoms with Crippen molar-refractivity contribution >= 4 is 16.8 Å². The first-order valence-electron chi connectivity index (χ1n) is 5.97. The number of aliphatic hydroxyl groups excluding tert-OH is 1. The average Bonchev–Trinajstić information content (AvgIpc) is 2.34. The van der Waals surface area contributed by atoms with Crippen molar-refractivity contribution in [1.82, 2.24) is 4.90 Å². The maximum atomic E-state index is 9.81. The molecule has 0 unspecified atom stereocenters. The van der Waals surface area contributed by atoms with Gasteiger partial charge in [0.2, 0.25) is 5.24 Å². The topological polar surface area (TPSA) is 66.6 Å². The molecule has 0 aromatic heterocycles. The minimum atomic E-state index is -0.463. The van der Waals surface area contributed by atoms with Gasteiger partial charge in [-0.3, -0.25) is 4.79 Å². The largest absolute Gasteiger partial charge is 0.516 e. The normalized spacial score (nSPS) is 9.28. The summed E-state index contributed by atoms with van der Waals surface area (Å²) in [5, 5.41) is 7.34. The first kappa shape index (κ1) is 22.3. The monoisotopic (exact) mass is 278 g/mol. The van der Waals surface area contributed by atoms with Gasteiger partial charge >= 0.3 is 0 Å². The number of nitrogens with zero attached hydrogens (tertiary/aromatic N) is 1. The van der Waals surface area contributed by atoms with Crippen LogP contribution in [0.4, 0.5) is 0 Å². The molecule has 0 spiro atoms. The van der Waals surface area contributed by atoms with Crippen LogP contribution in [-0.4, -0.2) is 41.4 Å². The van der Waals surface area contributed by atoms with Crippen molar-refractivity contribution in [1.29, 1.82) is 0 Å². The summed E-state index contributed by atoms with van der Waals surface area (Å²) in [5.74, 6) is 0. The Labute approximate surface area is 116 Å². The van der Waals surface area contributed by atoms with Crippen molar-refractivity contribution < 1.29 is 9.90 Å². The lowest BCUT2D eigenvalue weighted by molar-refractivity contribution is -0.108. The van der Waals surface area contributed by atoms with Gasteiger partial charge in [-0.1, -0.05) is 27.4 Å². The van der Waals surface area contributed by atoms with E-state index in [-0.39, 0.29) is 0 Å². The molecule has 3 N–H and O–H groups in total. The van der Waals surface area contributed by atoms with Crippen LogP contribution in [0.15, 0.2) is 24.5 Å². The number of carbonyl (C=O) groups is 1. The predicted octanol–water partition coefficient (Wildman–Crippen LogP) is 2.69. The molecule has 0 amide bonds. The van der Waals surface area contributed by atoms with Gasteiger partial charge in [0.15, 0.2) is 0 Å². The molecule has 0 fully saturated rings. The Hall–Kier alpha value is -0.840. The second-order valence-corrected chi connectivity index (χ2v) is 3.64. The van der Waals surface area contributed by atoms with E-state index in [1.54, 1.807) is 6.92 Å². The predicted molar refractivity (Wildman–Crippen MR) is 80.0 cm³/mol. The molecule has 0 bridgehead atoms. The van der Waals surface area contributed by atoms with E-state index < -0.39 is 5.24 Å². The lowest BCUT2D eigenvalue weighted by atomic mass is 10.4. The SMILES string of the molecule is C=C(C)C(=O)Cl.CCN(CC)CC.NCC=CO. The fraction of sp³-hybridized carbons (Fsp3) is 0.615. The van der Waals surface area contributed by atoms with Crippen LogP contribution in [0.5, 0.6) is 0 Å².